The molecular weight excluding hydrogens is 432 g/mol. The minimum Gasteiger partial charge on any atom is -0.493 e. The number of aryl methyl sites for hydroxylation is 1. The summed E-state index contributed by atoms with van der Waals surface area (Å²) in [5.41, 5.74) is 0.679. The first-order valence-corrected chi connectivity index (χ1v) is 10.8. The molecule has 1 heterocycles. The van der Waals surface area contributed by atoms with Crippen molar-refractivity contribution in [1.29, 1.82) is 0 Å². The number of carboxylic acid groups (broad SMARTS) is 1. The number of methoxy groups -OCH3 is 2. The molecule has 1 aromatic carbocycles. The van der Waals surface area contributed by atoms with Crippen molar-refractivity contribution in [3.63, 3.8) is 0 Å². The zero-order valence-electron chi connectivity index (χ0n) is 17.3. The predicted octanol–water partition coefficient (Wildman–Crippen LogP) is 4.06. The van der Waals surface area contributed by atoms with E-state index in [1.807, 2.05) is 6.26 Å². The topological polar surface area (TPSA) is 101 Å². The molecule has 0 saturated heterocycles. The van der Waals surface area contributed by atoms with Crippen LogP contribution >= 0.6 is 23.4 Å². The number of aliphatic hydroxyl groups is 1. The van der Waals surface area contributed by atoms with Crippen LogP contribution in [0.25, 0.3) is 0 Å². The number of ether oxygens (including phenoxy) is 3. The Labute approximate surface area is 184 Å². The third kappa shape index (κ3) is 5.62. The van der Waals surface area contributed by atoms with Gasteiger partial charge in [-0.25, -0.2) is 9.78 Å². The van der Waals surface area contributed by atoms with Crippen molar-refractivity contribution in [2.75, 3.05) is 44.4 Å². The van der Waals surface area contributed by atoms with Crippen molar-refractivity contribution in [2.45, 2.75) is 13.3 Å². The summed E-state index contributed by atoms with van der Waals surface area (Å²) in [4.78, 5) is 18.0. The lowest BCUT2D eigenvalue weighted by Crippen LogP contribution is -2.28. The summed E-state index contributed by atoms with van der Waals surface area (Å²) in [5.74, 6) is 0.182. The van der Waals surface area contributed by atoms with E-state index in [1.54, 1.807) is 29.7 Å². The highest BCUT2D eigenvalue weighted by Gasteiger charge is 2.26. The van der Waals surface area contributed by atoms with Gasteiger partial charge in [0.05, 0.1) is 19.9 Å². The molecule has 8 nitrogen and oxygen atoms in total. The Hall–Kier alpha value is -2.36. The SMILES string of the molecule is COc1cc(Cl)cc(OC)c1Oc1nc(C)cc(N(CO)CCCSC)c1C(=O)O. The number of carboxylic acids is 1. The van der Waals surface area contributed by atoms with Crippen LogP contribution < -0.4 is 19.1 Å². The van der Waals surface area contributed by atoms with Gasteiger partial charge in [-0.3, -0.25) is 0 Å². The minimum absolute atomic E-state index is 0.139. The van der Waals surface area contributed by atoms with Gasteiger partial charge >= 0.3 is 5.97 Å². The Morgan fingerprint density at radius 1 is 1.23 bits per heavy atom. The number of carbonyl (C=O) groups is 1. The van der Waals surface area contributed by atoms with Gasteiger partial charge in [0.1, 0.15) is 12.3 Å². The van der Waals surface area contributed by atoms with Gasteiger partial charge < -0.3 is 29.3 Å². The van der Waals surface area contributed by atoms with E-state index in [-0.39, 0.29) is 35.4 Å². The number of pyridine rings is 1. The third-order valence-electron chi connectivity index (χ3n) is 4.22. The van der Waals surface area contributed by atoms with Crippen LogP contribution in [-0.2, 0) is 0 Å². The maximum Gasteiger partial charge on any atom is 0.343 e. The number of thioether (sulfide) groups is 1. The Morgan fingerprint density at radius 2 is 1.87 bits per heavy atom. The monoisotopic (exact) mass is 456 g/mol. The number of benzene rings is 1. The van der Waals surface area contributed by atoms with Crippen LogP contribution in [0.5, 0.6) is 23.1 Å². The van der Waals surface area contributed by atoms with Crippen LogP contribution in [0.4, 0.5) is 5.69 Å². The fourth-order valence-electron chi connectivity index (χ4n) is 2.86. The van der Waals surface area contributed by atoms with E-state index in [9.17, 15) is 15.0 Å². The molecule has 0 bridgehead atoms. The van der Waals surface area contributed by atoms with Crippen molar-refractivity contribution in [2.24, 2.45) is 0 Å². The van der Waals surface area contributed by atoms with E-state index in [4.69, 9.17) is 25.8 Å². The second kappa shape index (κ2) is 11.1. The average Bonchev–Trinajstić information content (AvgIpc) is 2.71. The van der Waals surface area contributed by atoms with E-state index in [1.165, 1.54) is 26.4 Å². The number of rotatable bonds is 11. The fourth-order valence-corrected chi connectivity index (χ4v) is 3.48. The second-order valence-electron chi connectivity index (χ2n) is 6.26. The van der Waals surface area contributed by atoms with Crippen LogP contribution in [0.15, 0.2) is 18.2 Å². The smallest absolute Gasteiger partial charge is 0.343 e. The van der Waals surface area contributed by atoms with Crippen molar-refractivity contribution in [1.82, 2.24) is 4.98 Å². The molecule has 0 atom stereocenters. The number of aromatic nitrogens is 1. The molecule has 0 amide bonds. The molecule has 2 N–H and O–H groups in total. The molecule has 10 heteroatoms. The maximum atomic E-state index is 12.1. The van der Waals surface area contributed by atoms with Crippen molar-refractivity contribution in [3.8, 4) is 23.1 Å². The predicted molar refractivity (Wildman–Crippen MR) is 118 cm³/mol. The Kier molecular flexibility index (Phi) is 8.88. The first kappa shape index (κ1) is 23.9. The first-order valence-electron chi connectivity index (χ1n) is 9.05. The lowest BCUT2D eigenvalue weighted by Gasteiger charge is -2.25. The quantitative estimate of drug-likeness (QED) is 0.382. The van der Waals surface area contributed by atoms with Crippen molar-refractivity contribution >= 4 is 35.0 Å². The fraction of sp³-hybridized carbons (Fsp3) is 0.400. The average molecular weight is 457 g/mol. The Balaban J connectivity index is 2.59. The number of nitrogens with zero attached hydrogens (tertiary/aromatic N) is 2. The summed E-state index contributed by atoms with van der Waals surface area (Å²) >= 11 is 7.75. The highest BCUT2D eigenvalue weighted by Crippen LogP contribution is 2.44. The molecule has 30 heavy (non-hydrogen) atoms. The highest BCUT2D eigenvalue weighted by atomic mass is 35.5. The summed E-state index contributed by atoms with van der Waals surface area (Å²) in [6, 6.07) is 4.67. The molecule has 0 aliphatic rings. The number of aromatic carboxylic acids is 1. The summed E-state index contributed by atoms with van der Waals surface area (Å²) in [5, 5.41) is 20.1. The van der Waals surface area contributed by atoms with Gasteiger partial charge in [-0.2, -0.15) is 11.8 Å². The molecular formula is C20H25ClN2O6S. The number of hydrogen-bond acceptors (Lipinski definition) is 8. The van der Waals surface area contributed by atoms with E-state index in [0.717, 1.165) is 12.2 Å². The normalized spacial score (nSPS) is 10.6. The van der Waals surface area contributed by atoms with Gasteiger partial charge in [0.2, 0.25) is 11.6 Å². The molecule has 2 aromatic rings. The standard InChI is InChI=1S/C20H25ClN2O6S/c1-12-8-14(23(11-24)6-5-7-30-4)17(20(25)26)19(22-12)29-18-15(27-2)9-13(21)10-16(18)28-3/h8-10,24H,5-7,11H2,1-4H3,(H,25,26). The molecule has 0 aliphatic carbocycles. The minimum atomic E-state index is -1.23. The Morgan fingerprint density at radius 3 is 2.37 bits per heavy atom. The molecule has 0 unspecified atom stereocenters. The third-order valence-corrected chi connectivity index (χ3v) is 5.13. The van der Waals surface area contributed by atoms with Crippen molar-refractivity contribution in [3.05, 3.63) is 34.5 Å². The summed E-state index contributed by atoms with van der Waals surface area (Å²) in [6.45, 7) is 1.86. The second-order valence-corrected chi connectivity index (χ2v) is 7.68. The van der Waals surface area contributed by atoms with E-state index >= 15 is 0 Å². The summed E-state index contributed by atoms with van der Waals surface area (Å²) in [6.07, 6.45) is 2.76. The maximum absolute atomic E-state index is 12.1. The van der Waals surface area contributed by atoms with Crippen LogP contribution in [0, 0.1) is 6.92 Å². The molecule has 1 aromatic heterocycles. The van der Waals surface area contributed by atoms with Crippen LogP contribution in [0.1, 0.15) is 22.5 Å². The largest absolute Gasteiger partial charge is 0.493 e. The molecule has 2 rings (SSSR count). The highest BCUT2D eigenvalue weighted by molar-refractivity contribution is 7.98. The first-order chi connectivity index (χ1) is 14.4. The molecule has 0 fully saturated rings. The molecule has 0 aliphatic heterocycles. The zero-order valence-corrected chi connectivity index (χ0v) is 18.8. The van der Waals surface area contributed by atoms with Crippen LogP contribution in [0.2, 0.25) is 5.02 Å². The lowest BCUT2D eigenvalue weighted by atomic mass is 10.1. The number of hydrogen-bond donors (Lipinski definition) is 2. The van der Waals surface area contributed by atoms with Gasteiger partial charge in [-0.15, -0.1) is 0 Å². The number of halogens is 1. The molecule has 0 spiro atoms. The van der Waals surface area contributed by atoms with Gasteiger partial charge in [-0.05, 0) is 31.4 Å². The number of aliphatic hydroxyl groups excluding tert-OH is 1. The molecule has 0 saturated carbocycles. The van der Waals surface area contributed by atoms with E-state index < -0.39 is 5.97 Å². The van der Waals surface area contributed by atoms with Crippen LogP contribution in [-0.4, -0.2) is 60.7 Å². The van der Waals surface area contributed by atoms with Crippen LogP contribution in [0.3, 0.4) is 0 Å². The van der Waals surface area contributed by atoms with Gasteiger partial charge in [0.15, 0.2) is 11.5 Å². The summed E-state index contributed by atoms with van der Waals surface area (Å²) in [7, 11) is 2.87. The lowest BCUT2D eigenvalue weighted by molar-refractivity contribution is 0.0693. The van der Waals surface area contributed by atoms with E-state index in [0.29, 0.717) is 22.9 Å². The van der Waals surface area contributed by atoms with Crippen molar-refractivity contribution < 1.29 is 29.2 Å². The number of anilines is 1. The molecule has 0 radical (unpaired) electrons. The summed E-state index contributed by atoms with van der Waals surface area (Å²) < 4.78 is 16.5. The Bertz CT molecular complexity index is 871. The van der Waals surface area contributed by atoms with Gasteiger partial charge in [-0.1, -0.05) is 11.6 Å². The zero-order chi connectivity index (χ0) is 22.3. The van der Waals surface area contributed by atoms with Gasteiger partial charge in [0, 0.05) is 29.4 Å². The van der Waals surface area contributed by atoms with Gasteiger partial charge in [0.25, 0.3) is 0 Å². The molecule has 164 valence electrons. The van der Waals surface area contributed by atoms with E-state index in [2.05, 4.69) is 4.98 Å².